The van der Waals surface area contributed by atoms with Gasteiger partial charge in [-0.1, -0.05) is 39.9 Å². The van der Waals surface area contributed by atoms with Gasteiger partial charge in [-0.15, -0.1) is 0 Å². The third-order valence-corrected chi connectivity index (χ3v) is 4.81. The van der Waals surface area contributed by atoms with E-state index in [-0.39, 0.29) is 20.7 Å². The molecule has 0 saturated carbocycles. The van der Waals surface area contributed by atoms with Gasteiger partial charge < -0.3 is 19.7 Å². The molecule has 0 aliphatic carbocycles. The first-order valence-electron chi connectivity index (χ1n) is 5.85. The molecule has 0 spiro atoms. The summed E-state index contributed by atoms with van der Waals surface area (Å²) in [6.45, 7) is -0.586. The number of ether oxygens (including phenoxy) is 1. The number of thiocarbonyl (C=S) groups is 1. The lowest BCUT2D eigenvalue weighted by molar-refractivity contribution is -0.305. The first-order chi connectivity index (χ1) is 10.3. The fourth-order valence-corrected chi connectivity index (χ4v) is 3.42. The predicted molar refractivity (Wildman–Crippen MR) is 87.2 cm³/mol. The maximum absolute atomic E-state index is 12.1. The van der Waals surface area contributed by atoms with Crippen LogP contribution < -0.4 is 9.84 Å². The zero-order valence-corrected chi connectivity index (χ0v) is 14.4. The number of carbonyl (C=O) groups is 2. The van der Waals surface area contributed by atoms with Crippen LogP contribution in [0.5, 0.6) is 11.5 Å². The first-order valence-corrected chi connectivity index (χ1v) is 7.87. The van der Waals surface area contributed by atoms with Crippen molar-refractivity contribution >= 4 is 62.2 Å². The minimum atomic E-state index is -1.39. The highest BCUT2D eigenvalue weighted by molar-refractivity contribution is 9.10. The van der Waals surface area contributed by atoms with Gasteiger partial charge in [0.25, 0.3) is 5.91 Å². The molecule has 1 aromatic rings. The summed E-state index contributed by atoms with van der Waals surface area (Å²) in [6, 6.07) is 2.98. The zero-order valence-electron chi connectivity index (χ0n) is 11.2. The molecule has 0 radical (unpaired) electrons. The molecule has 22 heavy (non-hydrogen) atoms. The summed E-state index contributed by atoms with van der Waals surface area (Å²) in [4.78, 5) is 24.0. The maximum atomic E-state index is 12.1. The lowest BCUT2D eigenvalue weighted by Crippen LogP contribution is -2.40. The summed E-state index contributed by atoms with van der Waals surface area (Å²) < 4.78 is 5.73. The van der Waals surface area contributed by atoms with E-state index in [1.807, 2.05) is 0 Å². The molecule has 1 aromatic carbocycles. The number of carboxylic acids is 1. The molecule has 1 heterocycles. The number of hydrogen-bond donors (Lipinski definition) is 1. The Morgan fingerprint density at radius 1 is 1.59 bits per heavy atom. The molecule has 1 fully saturated rings. The topological polar surface area (TPSA) is 89.9 Å². The minimum Gasteiger partial charge on any atom is -0.548 e. The number of rotatable bonds is 4. The van der Waals surface area contributed by atoms with E-state index in [4.69, 9.17) is 17.0 Å². The van der Waals surface area contributed by atoms with E-state index in [9.17, 15) is 19.8 Å². The van der Waals surface area contributed by atoms with E-state index in [2.05, 4.69) is 15.9 Å². The Labute approximate surface area is 143 Å². The number of phenols is 1. The summed E-state index contributed by atoms with van der Waals surface area (Å²) >= 11 is 9.28. The van der Waals surface area contributed by atoms with E-state index in [0.29, 0.717) is 10.0 Å². The van der Waals surface area contributed by atoms with E-state index >= 15 is 0 Å². The number of aromatic hydroxyl groups is 1. The van der Waals surface area contributed by atoms with Crippen LogP contribution in [0.3, 0.4) is 0 Å². The van der Waals surface area contributed by atoms with Crippen LogP contribution in [-0.2, 0) is 9.59 Å². The van der Waals surface area contributed by atoms with Crippen LogP contribution in [0.15, 0.2) is 21.5 Å². The second-order valence-corrected chi connectivity index (χ2v) is 6.72. The van der Waals surface area contributed by atoms with Crippen LogP contribution in [-0.4, -0.2) is 39.9 Å². The van der Waals surface area contributed by atoms with Gasteiger partial charge >= 0.3 is 0 Å². The molecule has 6 nitrogen and oxygen atoms in total. The van der Waals surface area contributed by atoms with E-state index in [1.54, 1.807) is 6.07 Å². The smallest absolute Gasteiger partial charge is 0.266 e. The van der Waals surface area contributed by atoms with Crippen molar-refractivity contribution in [3.63, 3.8) is 0 Å². The molecule has 0 atom stereocenters. The van der Waals surface area contributed by atoms with E-state index in [0.717, 1.165) is 16.7 Å². The average Bonchev–Trinajstić information content (AvgIpc) is 2.69. The van der Waals surface area contributed by atoms with Crippen LogP contribution >= 0.6 is 39.9 Å². The van der Waals surface area contributed by atoms with Crippen molar-refractivity contribution in [2.75, 3.05) is 13.7 Å². The molecule has 2 rings (SSSR count). The van der Waals surface area contributed by atoms with Gasteiger partial charge in [0.2, 0.25) is 0 Å². The molecule has 1 aliphatic heterocycles. The standard InChI is InChI=1S/C13H10BrNO5S2/c1-20-9-4-7(14)6(2-8(9)16)3-10-12(19)15(5-11(17)18)13(21)22-10/h2-4,16H,5H2,1H3,(H,17,18)/p-1/b10-3-. The first kappa shape index (κ1) is 16.8. The zero-order chi connectivity index (χ0) is 16.4. The number of nitrogens with zero attached hydrogens (tertiary/aromatic N) is 1. The number of phenolic OH excluding ortho intramolecular Hbond substituents is 1. The summed E-state index contributed by atoms with van der Waals surface area (Å²) in [7, 11) is 1.42. The van der Waals surface area contributed by atoms with Gasteiger partial charge in [-0.3, -0.25) is 9.69 Å². The molecule has 9 heteroatoms. The lowest BCUT2D eigenvalue weighted by atomic mass is 10.2. The van der Waals surface area contributed by atoms with Gasteiger partial charge in [-0.05, 0) is 23.8 Å². The number of amides is 1. The fourth-order valence-electron chi connectivity index (χ4n) is 1.74. The molecule has 1 aliphatic rings. The second-order valence-electron chi connectivity index (χ2n) is 4.19. The molecular weight excluding hydrogens is 394 g/mol. The Bertz CT molecular complexity index is 704. The van der Waals surface area contributed by atoms with E-state index in [1.165, 1.54) is 19.3 Å². The molecular formula is C13H9BrNO5S2-. The van der Waals surface area contributed by atoms with Crippen molar-refractivity contribution < 1.29 is 24.5 Å². The quantitative estimate of drug-likeness (QED) is 0.595. The number of aliphatic carboxylic acids is 1. The molecule has 0 unspecified atom stereocenters. The Morgan fingerprint density at radius 3 is 2.86 bits per heavy atom. The average molecular weight is 403 g/mol. The van der Waals surface area contributed by atoms with Crippen molar-refractivity contribution in [3.8, 4) is 11.5 Å². The van der Waals surface area contributed by atoms with Gasteiger partial charge in [0.05, 0.1) is 24.5 Å². The molecule has 0 aromatic heterocycles. The molecule has 1 amide bonds. The van der Waals surface area contributed by atoms with Crippen LogP contribution in [0.2, 0.25) is 0 Å². The molecule has 1 saturated heterocycles. The van der Waals surface area contributed by atoms with Crippen molar-refractivity contribution in [3.05, 3.63) is 27.1 Å². The van der Waals surface area contributed by atoms with Gasteiger partial charge in [-0.2, -0.15) is 0 Å². The highest BCUT2D eigenvalue weighted by Gasteiger charge is 2.32. The summed E-state index contributed by atoms with van der Waals surface area (Å²) in [5.41, 5.74) is 0.534. The monoisotopic (exact) mass is 402 g/mol. The van der Waals surface area contributed by atoms with Crippen molar-refractivity contribution in [1.82, 2.24) is 4.90 Å². The summed E-state index contributed by atoms with van der Waals surface area (Å²) in [5.74, 6) is -1.70. The van der Waals surface area contributed by atoms with Crippen LogP contribution in [0.25, 0.3) is 6.08 Å². The molecule has 116 valence electrons. The SMILES string of the molecule is COc1cc(Br)c(/C=C2\SC(=S)N(CC(=O)[O-])C2=O)cc1O. The number of hydrogen-bond acceptors (Lipinski definition) is 7. The summed E-state index contributed by atoms with van der Waals surface area (Å²) in [5, 5.41) is 20.4. The highest BCUT2D eigenvalue weighted by atomic mass is 79.9. The normalized spacial score (nSPS) is 16.5. The predicted octanol–water partition coefficient (Wildman–Crippen LogP) is 1.11. The number of carboxylic acid groups (broad SMARTS) is 1. The number of carbonyl (C=O) groups excluding carboxylic acids is 2. The lowest BCUT2D eigenvalue weighted by Gasteiger charge is -2.14. The van der Waals surface area contributed by atoms with Gasteiger partial charge in [0, 0.05) is 4.47 Å². The third-order valence-electron chi connectivity index (χ3n) is 2.75. The van der Waals surface area contributed by atoms with Gasteiger partial charge in [-0.25, -0.2) is 0 Å². The van der Waals surface area contributed by atoms with Crippen LogP contribution in [0, 0.1) is 0 Å². The third kappa shape index (κ3) is 3.42. The summed E-state index contributed by atoms with van der Waals surface area (Å²) in [6.07, 6.45) is 1.51. The molecule has 0 bridgehead atoms. The van der Waals surface area contributed by atoms with Gasteiger partial charge in [0.15, 0.2) is 11.5 Å². The van der Waals surface area contributed by atoms with E-state index < -0.39 is 18.4 Å². The largest absolute Gasteiger partial charge is 0.548 e. The highest BCUT2D eigenvalue weighted by Crippen LogP contribution is 2.37. The molecule has 1 N–H and O–H groups in total. The van der Waals surface area contributed by atoms with Gasteiger partial charge in [0.1, 0.15) is 4.32 Å². The second kappa shape index (κ2) is 6.67. The van der Waals surface area contributed by atoms with Crippen molar-refractivity contribution in [2.45, 2.75) is 0 Å². The Hall–Kier alpha value is -1.58. The number of thioether (sulfide) groups is 1. The number of halogens is 1. The minimum absolute atomic E-state index is 0.0813. The van der Waals surface area contributed by atoms with Crippen LogP contribution in [0.4, 0.5) is 0 Å². The van der Waals surface area contributed by atoms with Crippen LogP contribution in [0.1, 0.15) is 5.56 Å². The van der Waals surface area contributed by atoms with Crippen molar-refractivity contribution in [2.24, 2.45) is 0 Å². The Kier molecular flexibility index (Phi) is 5.09. The Morgan fingerprint density at radius 2 is 2.27 bits per heavy atom. The fraction of sp³-hybridized carbons (Fsp3) is 0.154. The van der Waals surface area contributed by atoms with Crippen molar-refractivity contribution in [1.29, 1.82) is 0 Å². The number of methoxy groups -OCH3 is 1. The number of benzene rings is 1. The Balaban J connectivity index is 2.35. The maximum Gasteiger partial charge on any atom is 0.266 e.